The van der Waals surface area contributed by atoms with E-state index in [1.807, 2.05) is 31.2 Å². The molecule has 0 aliphatic heterocycles. The van der Waals surface area contributed by atoms with E-state index in [0.29, 0.717) is 23.3 Å². The van der Waals surface area contributed by atoms with Crippen LogP contribution in [0.15, 0.2) is 88.9 Å². The Hall–Kier alpha value is -4.52. The van der Waals surface area contributed by atoms with Crippen LogP contribution in [0.2, 0.25) is 0 Å². The first-order valence-electron chi connectivity index (χ1n) is 11.4. The van der Waals surface area contributed by atoms with Gasteiger partial charge in [0.15, 0.2) is 0 Å². The Labute approximate surface area is 207 Å². The van der Waals surface area contributed by atoms with Crippen molar-refractivity contribution in [3.63, 3.8) is 0 Å². The average Bonchev–Trinajstić information content (AvgIpc) is 2.87. The minimum Gasteiger partial charge on any atom is -0.478 e. The van der Waals surface area contributed by atoms with Gasteiger partial charge in [0, 0.05) is 29.7 Å². The van der Waals surface area contributed by atoms with Crippen LogP contribution in [0.5, 0.6) is 0 Å². The molecular formula is C29H25FN2O4. The number of aromatic carboxylic acids is 1. The first kappa shape index (κ1) is 24.6. The third-order valence-corrected chi connectivity index (χ3v) is 6.33. The smallest absolute Gasteiger partial charge is 0.335 e. The Morgan fingerprint density at radius 2 is 1.56 bits per heavy atom. The summed E-state index contributed by atoms with van der Waals surface area (Å²) in [4.78, 5) is 25.6. The second-order valence-corrected chi connectivity index (χ2v) is 8.71. The van der Waals surface area contributed by atoms with Crippen molar-refractivity contribution in [3.05, 3.63) is 129 Å². The molecule has 0 saturated heterocycles. The summed E-state index contributed by atoms with van der Waals surface area (Å²) in [6.07, 6.45) is 1.82. The number of nitrogens with one attached hydrogen (secondary N) is 1. The number of halogens is 1. The number of carbonyl (C=O) groups is 1. The first-order valence-corrected chi connectivity index (χ1v) is 11.4. The molecular weight excluding hydrogens is 459 g/mol. The molecule has 1 unspecified atom stereocenters. The summed E-state index contributed by atoms with van der Waals surface area (Å²) in [5, 5.41) is 22.5. The number of carboxylic acids is 1. The van der Waals surface area contributed by atoms with Gasteiger partial charge in [-0.3, -0.25) is 4.79 Å². The van der Waals surface area contributed by atoms with Gasteiger partial charge in [-0.25, -0.2) is 9.18 Å². The second kappa shape index (κ2) is 10.4. The van der Waals surface area contributed by atoms with E-state index in [9.17, 15) is 19.2 Å². The van der Waals surface area contributed by atoms with E-state index in [4.69, 9.17) is 5.11 Å². The number of H-pyrrole nitrogens is 1. The van der Waals surface area contributed by atoms with Crippen molar-refractivity contribution in [2.45, 2.75) is 26.2 Å². The highest BCUT2D eigenvalue weighted by atomic mass is 19.1. The van der Waals surface area contributed by atoms with E-state index in [1.165, 1.54) is 18.3 Å². The Kier molecular flexibility index (Phi) is 7.10. The topological polar surface area (TPSA) is 103 Å². The monoisotopic (exact) mass is 484 g/mol. The lowest BCUT2D eigenvalue weighted by molar-refractivity contribution is 0.0697. The molecule has 1 aromatic heterocycles. The van der Waals surface area contributed by atoms with Crippen molar-refractivity contribution in [2.24, 2.45) is 5.16 Å². The zero-order valence-electron chi connectivity index (χ0n) is 19.8. The van der Waals surface area contributed by atoms with Gasteiger partial charge in [0.25, 0.3) is 5.56 Å². The number of nitrogens with zero attached hydrogens (tertiary/aromatic N) is 1. The number of hydrogen-bond acceptors (Lipinski definition) is 4. The van der Waals surface area contributed by atoms with Gasteiger partial charge in [-0.15, -0.1) is 0 Å². The quantitative estimate of drug-likeness (QED) is 0.173. The van der Waals surface area contributed by atoms with Crippen LogP contribution in [0.1, 0.15) is 50.5 Å². The molecule has 0 amide bonds. The number of rotatable bonds is 7. The summed E-state index contributed by atoms with van der Waals surface area (Å²) >= 11 is 0. The van der Waals surface area contributed by atoms with Crippen LogP contribution in [0.4, 0.5) is 4.39 Å². The fourth-order valence-electron chi connectivity index (χ4n) is 4.32. The fraction of sp³-hybridized carbons (Fsp3) is 0.138. The molecule has 0 spiro atoms. The van der Waals surface area contributed by atoms with E-state index >= 15 is 0 Å². The normalized spacial score (nSPS) is 12.4. The molecule has 6 nitrogen and oxygen atoms in total. The van der Waals surface area contributed by atoms with Gasteiger partial charge in [0.05, 0.1) is 11.3 Å². The number of aromatic amines is 1. The van der Waals surface area contributed by atoms with Crippen molar-refractivity contribution < 1.29 is 19.5 Å². The molecule has 0 aliphatic rings. The number of hydrogen-bond donors (Lipinski definition) is 3. The lowest BCUT2D eigenvalue weighted by Crippen LogP contribution is -2.15. The SMILES string of the molecule is Cc1cc(F)ccc1C(C/C(=N\O)c1c[nH]c(=O)c(C)c1)c1ccc(-c2ccc(C(=O)O)cc2)cc1. The maximum Gasteiger partial charge on any atom is 0.335 e. The lowest BCUT2D eigenvalue weighted by Gasteiger charge is -2.21. The first-order chi connectivity index (χ1) is 17.3. The molecule has 0 fully saturated rings. The van der Waals surface area contributed by atoms with Crippen molar-refractivity contribution in [2.75, 3.05) is 0 Å². The average molecular weight is 485 g/mol. The fourth-order valence-corrected chi connectivity index (χ4v) is 4.32. The van der Waals surface area contributed by atoms with Crippen molar-refractivity contribution in [1.29, 1.82) is 0 Å². The molecule has 4 rings (SSSR count). The molecule has 1 heterocycles. The summed E-state index contributed by atoms with van der Waals surface area (Å²) < 4.78 is 13.9. The van der Waals surface area contributed by atoms with Crippen LogP contribution in [-0.4, -0.2) is 27.0 Å². The van der Waals surface area contributed by atoms with Crippen molar-refractivity contribution in [3.8, 4) is 11.1 Å². The highest BCUT2D eigenvalue weighted by Crippen LogP contribution is 2.33. The van der Waals surface area contributed by atoms with E-state index in [1.54, 1.807) is 43.3 Å². The van der Waals surface area contributed by atoms with Crippen LogP contribution < -0.4 is 5.56 Å². The highest BCUT2D eigenvalue weighted by molar-refractivity contribution is 6.00. The molecule has 0 radical (unpaired) electrons. The van der Waals surface area contributed by atoms with Crippen LogP contribution in [0.3, 0.4) is 0 Å². The summed E-state index contributed by atoms with van der Waals surface area (Å²) in [7, 11) is 0. The molecule has 3 aromatic carbocycles. The van der Waals surface area contributed by atoms with Crippen LogP contribution in [0.25, 0.3) is 11.1 Å². The molecule has 0 bridgehead atoms. The minimum atomic E-state index is -0.978. The number of pyridine rings is 1. The molecule has 3 N–H and O–H groups in total. The second-order valence-electron chi connectivity index (χ2n) is 8.71. The number of aryl methyl sites for hydroxylation is 2. The molecule has 36 heavy (non-hydrogen) atoms. The summed E-state index contributed by atoms with van der Waals surface area (Å²) in [6.45, 7) is 3.52. The predicted molar refractivity (Wildman–Crippen MR) is 137 cm³/mol. The maximum atomic E-state index is 13.9. The summed E-state index contributed by atoms with van der Waals surface area (Å²) in [5.41, 5.74) is 5.86. The molecule has 0 saturated carbocycles. The van der Waals surface area contributed by atoms with Gasteiger partial charge in [-0.05, 0) is 72.0 Å². The Balaban J connectivity index is 1.72. The van der Waals surface area contributed by atoms with Gasteiger partial charge in [-0.2, -0.15) is 0 Å². The van der Waals surface area contributed by atoms with Crippen molar-refractivity contribution >= 4 is 11.7 Å². The molecule has 0 aliphatic carbocycles. The van der Waals surface area contributed by atoms with Gasteiger partial charge in [0.2, 0.25) is 0 Å². The standard InChI is InChI=1S/C29H25FN2O4/c1-17-14-24(30)11-12-25(17)26(15-27(32-36)23-13-18(2)28(33)31-16-23)21-7-3-19(4-8-21)20-5-9-22(10-6-20)29(34)35/h3-14,16,26,36H,15H2,1-2H3,(H,31,33)(H,34,35)/b32-27+. The van der Waals surface area contributed by atoms with Gasteiger partial charge in [-0.1, -0.05) is 47.6 Å². The van der Waals surface area contributed by atoms with E-state index in [-0.39, 0.29) is 22.9 Å². The Morgan fingerprint density at radius 3 is 2.11 bits per heavy atom. The molecule has 1 atom stereocenters. The number of aromatic nitrogens is 1. The predicted octanol–water partition coefficient (Wildman–Crippen LogP) is 5.90. The third kappa shape index (κ3) is 5.25. The highest BCUT2D eigenvalue weighted by Gasteiger charge is 2.21. The zero-order chi connectivity index (χ0) is 25.8. The van der Waals surface area contributed by atoms with E-state index < -0.39 is 5.97 Å². The Bertz CT molecular complexity index is 1490. The third-order valence-electron chi connectivity index (χ3n) is 6.33. The Morgan fingerprint density at radius 1 is 0.917 bits per heavy atom. The van der Waals surface area contributed by atoms with E-state index in [0.717, 1.165) is 27.8 Å². The summed E-state index contributed by atoms with van der Waals surface area (Å²) in [6, 6.07) is 20.7. The van der Waals surface area contributed by atoms with Crippen LogP contribution >= 0.6 is 0 Å². The van der Waals surface area contributed by atoms with Gasteiger partial charge in [0.1, 0.15) is 5.82 Å². The van der Waals surface area contributed by atoms with Crippen molar-refractivity contribution in [1.82, 2.24) is 4.98 Å². The minimum absolute atomic E-state index is 0.214. The number of benzene rings is 3. The molecule has 7 heteroatoms. The molecule has 182 valence electrons. The summed E-state index contributed by atoms with van der Waals surface area (Å²) in [5.74, 6) is -1.57. The maximum absolute atomic E-state index is 13.9. The lowest BCUT2D eigenvalue weighted by atomic mass is 9.83. The molecule has 4 aromatic rings. The van der Waals surface area contributed by atoms with E-state index in [2.05, 4.69) is 10.1 Å². The van der Waals surface area contributed by atoms with Crippen LogP contribution in [0, 0.1) is 19.7 Å². The zero-order valence-corrected chi connectivity index (χ0v) is 19.8. The van der Waals surface area contributed by atoms with Gasteiger partial charge < -0.3 is 15.3 Å². The van der Waals surface area contributed by atoms with Gasteiger partial charge >= 0.3 is 5.97 Å². The number of oxime groups is 1. The van der Waals surface area contributed by atoms with Crippen LogP contribution in [-0.2, 0) is 0 Å². The largest absolute Gasteiger partial charge is 0.478 e. The number of carboxylic acid groups (broad SMARTS) is 1.